The fourth-order valence-corrected chi connectivity index (χ4v) is 2.43. The molecule has 1 fully saturated rings. The quantitative estimate of drug-likeness (QED) is 0.826. The molecule has 1 amide bonds. The van der Waals surface area contributed by atoms with Gasteiger partial charge in [-0.1, -0.05) is 12.1 Å². The first kappa shape index (κ1) is 13.0. The number of carbonyl (C=O) groups excluding carboxylic acids is 1. The molecule has 0 aromatic heterocycles. The number of amides is 1. The molecule has 3 nitrogen and oxygen atoms in total. The maximum absolute atomic E-state index is 13.2. The Morgan fingerprint density at radius 3 is 3.00 bits per heavy atom. The van der Waals surface area contributed by atoms with E-state index in [0.717, 1.165) is 18.4 Å². The summed E-state index contributed by atoms with van der Waals surface area (Å²) in [6.45, 7) is 2.46. The average Bonchev–Trinajstić information content (AvgIpc) is 2.86. The smallest absolute Gasteiger partial charge is 0.251 e. The van der Waals surface area contributed by atoms with Crippen LogP contribution in [0, 0.1) is 5.82 Å². The second-order valence-electron chi connectivity index (χ2n) is 4.62. The van der Waals surface area contributed by atoms with Crippen molar-refractivity contribution in [2.24, 2.45) is 0 Å². The molecule has 98 valence electrons. The predicted molar refractivity (Wildman–Crippen MR) is 66.6 cm³/mol. The Labute approximate surface area is 107 Å². The molecular formula is C14H18FNO2. The number of halogens is 1. The highest BCUT2D eigenvalue weighted by atomic mass is 19.1. The number of hydrogen-bond acceptors (Lipinski definition) is 2. The highest BCUT2D eigenvalue weighted by Gasteiger charge is 2.32. The first-order valence-corrected chi connectivity index (χ1v) is 6.22. The van der Waals surface area contributed by atoms with E-state index in [1.807, 2.05) is 6.07 Å². The lowest BCUT2D eigenvalue weighted by Crippen LogP contribution is -2.38. The van der Waals surface area contributed by atoms with E-state index >= 15 is 0 Å². The SMILES string of the molecule is COC(C)C(=O)N1CCCC1c1cccc(F)c1. The lowest BCUT2D eigenvalue weighted by molar-refractivity contribution is -0.141. The Balaban J connectivity index is 2.20. The van der Waals surface area contributed by atoms with E-state index in [9.17, 15) is 9.18 Å². The minimum absolute atomic E-state index is 0.0224. The summed E-state index contributed by atoms with van der Waals surface area (Å²) in [6, 6.07) is 6.46. The number of carbonyl (C=O) groups is 1. The molecule has 0 bridgehead atoms. The largest absolute Gasteiger partial charge is 0.372 e. The Bertz CT molecular complexity index is 436. The number of rotatable bonds is 3. The first-order chi connectivity index (χ1) is 8.63. The van der Waals surface area contributed by atoms with E-state index < -0.39 is 6.10 Å². The van der Waals surface area contributed by atoms with Crippen molar-refractivity contribution < 1.29 is 13.9 Å². The van der Waals surface area contributed by atoms with Crippen LogP contribution in [0.4, 0.5) is 4.39 Å². The first-order valence-electron chi connectivity index (χ1n) is 6.22. The molecule has 2 rings (SSSR count). The predicted octanol–water partition coefficient (Wildman–Crippen LogP) is 2.52. The van der Waals surface area contributed by atoms with Gasteiger partial charge in [0.1, 0.15) is 11.9 Å². The summed E-state index contributed by atoms with van der Waals surface area (Å²) in [5.41, 5.74) is 0.865. The minimum Gasteiger partial charge on any atom is -0.372 e. The van der Waals surface area contributed by atoms with Crippen LogP contribution in [0.25, 0.3) is 0 Å². The molecular weight excluding hydrogens is 233 g/mol. The summed E-state index contributed by atoms with van der Waals surface area (Å²) in [7, 11) is 1.52. The molecule has 0 N–H and O–H groups in total. The molecule has 0 aliphatic carbocycles. The number of hydrogen-bond donors (Lipinski definition) is 0. The summed E-state index contributed by atoms with van der Waals surface area (Å²) in [5, 5.41) is 0. The lowest BCUT2D eigenvalue weighted by atomic mass is 10.0. The average molecular weight is 251 g/mol. The fourth-order valence-electron chi connectivity index (χ4n) is 2.43. The number of likely N-dealkylation sites (tertiary alicyclic amines) is 1. The monoisotopic (exact) mass is 251 g/mol. The van der Waals surface area contributed by atoms with Crippen LogP contribution in [0.2, 0.25) is 0 Å². The molecule has 4 heteroatoms. The van der Waals surface area contributed by atoms with Crippen LogP contribution >= 0.6 is 0 Å². The fraction of sp³-hybridized carbons (Fsp3) is 0.500. The summed E-state index contributed by atoms with van der Waals surface area (Å²) in [6.07, 6.45) is 1.38. The van der Waals surface area contributed by atoms with E-state index in [-0.39, 0.29) is 17.8 Å². The third-order valence-electron chi connectivity index (χ3n) is 3.47. The van der Waals surface area contributed by atoms with Crippen molar-refractivity contribution in [2.75, 3.05) is 13.7 Å². The van der Waals surface area contributed by atoms with Crippen LogP contribution in [0.1, 0.15) is 31.4 Å². The molecule has 1 aliphatic rings. The van der Waals surface area contributed by atoms with Crippen molar-refractivity contribution in [1.29, 1.82) is 0 Å². The van der Waals surface area contributed by atoms with Gasteiger partial charge in [0.2, 0.25) is 0 Å². The van der Waals surface area contributed by atoms with Crippen LogP contribution in [-0.2, 0) is 9.53 Å². The number of benzene rings is 1. The third-order valence-corrected chi connectivity index (χ3v) is 3.47. The van der Waals surface area contributed by atoms with Crippen LogP contribution in [0.3, 0.4) is 0 Å². The topological polar surface area (TPSA) is 29.5 Å². The summed E-state index contributed by atoms with van der Waals surface area (Å²) in [5.74, 6) is -0.282. The van der Waals surface area contributed by atoms with Crippen LogP contribution < -0.4 is 0 Å². The van der Waals surface area contributed by atoms with E-state index in [1.54, 1.807) is 17.9 Å². The van der Waals surface area contributed by atoms with Crippen LogP contribution in [0.5, 0.6) is 0 Å². The van der Waals surface area contributed by atoms with Crippen molar-refractivity contribution in [3.05, 3.63) is 35.6 Å². The highest BCUT2D eigenvalue weighted by molar-refractivity contribution is 5.81. The molecule has 2 atom stereocenters. The Hall–Kier alpha value is -1.42. The molecule has 2 unspecified atom stereocenters. The maximum Gasteiger partial charge on any atom is 0.251 e. The van der Waals surface area contributed by atoms with Crippen molar-refractivity contribution in [3.63, 3.8) is 0 Å². The van der Waals surface area contributed by atoms with Crippen LogP contribution in [0.15, 0.2) is 24.3 Å². The molecule has 1 aliphatic heterocycles. The minimum atomic E-state index is -0.445. The van der Waals surface area contributed by atoms with Crippen LogP contribution in [-0.4, -0.2) is 30.6 Å². The third kappa shape index (κ3) is 2.53. The molecule has 0 saturated carbocycles. The van der Waals surface area contributed by atoms with Gasteiger partial charge < -0.3 is 9.64 Å². The molecule has 1 aromatic rings. The van der Waals surface area contributed by atoms with Gasteiger partial charge in [0, 0.05) is 13.7 Å². The van der Waals surface area contributed by atoms with Gasteiger partial charge in [0.25, 0.3) is 5.91 Å². The molecule has 18 heavy (non-hydrogen) atoms. The Morgan fingerprint density at radius 2 is 2.33 bits per heavy atom. The number of ether oxygens (including phenoxy) is 1. The molecule has 1 aromatic carbocycles. The van der Waals surface area contributed by atoms with Crippen molar-refractivity contribution in [1.82, 2.24) is 4.90 Å². The van der Waals surface area contributed by atoms with Gasteiger partial charge >= 0.3 is 0 Å². The summed E-state index contributed by atoms with van der Waals surface area (Å²) >= 11 is 0. The number of nitrogens with zero attached hydrogens (tertiary/aromatic N) is 1. The van der Waals surface area contributed by atoms with Gasteiger partial charge in [-0.05, 0) is 37.5 Å². The second kappa shape index (κ2) is 5.48. The normalized spacial score (nSPS) is 21.1. The van der Waals surface area contributed by atoms with Gasteiger partial charge in [-0.25, -0.2) is 4.39 Å². The van der Waals surface area contributed by atoms with Gasteiger partial charge in [0.15, 0.2) is 0 Å². The zero-order chi connectivity index (χ0) is 13.1. The second-order valence-corrected chi connectivity index (χ2v) is 4.62. The van der Waals surface area contributed by atoms with Gasteiger partial charge in [0.05, 0.1) is 6.04 Å². The zero-order valence-electron chi connectivity index (χ0n) is 10.7. The van der Waals surface area contributed by atoms with E-state index in [4.69, 9.17) is 4.74 Å². The van der Waals surface area contributed by atoms with Gasteiger partial charge in [-0.2, -0.15) is 0 Å². The lowest BCUT2D eigenvalue weighted by Gasteiger charge is -2.27. The Kier molecular flexibility index (Phi) is 3.97. The molecule has 1 heterocycles. The van der Waals surface area contributed by atoms with Crippen molar-refractivity contribution in [3.8, 4) is 0 Å². The van der Waals surface area contributed by atoms with Crippen molar-refractivity contribution in [2.45, 2.75) is 31.9 Å². The van der Waals surface area contributed by atoms with E-state index in [2.05, 4.69) is 0 Å². The van der Waals surface area contributed by atoms with Gasteiger partial charge in [-0.3, -0.25) is 4.79 Å². The molecule has 0 spiro atoms. The molecule has 1 saturated heterocycles. The van der Waals surface area contributed by atoms with E-state index in [1.165, 1.54) is 19.2 Å². The highest BCUT2D eigenvalue weighted by Crippen LogP contribution is 2.32. The molecule has 0 radical (unpaired) electrons. The maximum atomic E-state index is 13.2. The summed E-state index contributed by atoms with van der Waals surface area (Å²) < 4.78 is 18.3. The van der Waals surface area contributed by atoms with Crippen molar-refractivity contribution >= 4 is 5.91 Å². The number of methoxy groups -OCH3 is 1. The summed E-state index contributed by atoms with van der Waals surface area (Å²) in [4.78, 5) is 13.9. The van der Waals surface area contributed by atoms with Gasteiger partial charge in [-0.15, -0.1) is 0 Å². The van der Waals surface area contributed by atoms with E-state index in [0.29, 0.717) is 6.54 Å². The standard InChI is InChI=1S/C14H18FNO2/c1-10(18-2)14(17)16-8-4-7-13(16)11-5-3-6-12(15)9-11/h3,5-6,9-10,13H,4,7-8H2,1-2H3. The zero-order valence-corrected chi connectivity index (χ0v) is 10.7. The Morgan fingerprint density at radius 1 is 1.56 bits per heavy atom.